The van der Waals surface area contributed by atoms with Crippen molar-refractivity contribution in [3.05, 3.63) is 364 Å². The van der Waals surface area contributed by atoms with E-state index in [1.165, 1.54) is 171 Å². The summed E-state index contributed by atoms with van der Waals surface area (Å²) in [6, 6.07) is 98.6. The largest absolute Gasteiger partial charge is 0.314 e. The predicted molar refractivity (Wildman–Crippen MR) is 423 cm³/mol. The Morgan fingerprint density at radius 3 is 1.14 bits per heavy atom. The molecule has 0 aliphatic heterocycles. The van der Waals surface area contributed by atoms with Gasteiger partial charge in [0.1, 0.15) is 0 Å². The van der Waals surface area contributed by atoms with E-state index < -0.39 is 0 Å². The molecule has 0 saturated carbocycles. The zero-order chi connectivity index (χ0) is 66.5. The lowest BCUT2D eigenvalue weighted by atomic mass is 9.81. The number of rotatable bonds is 10. The lowest BCUT2D eigenvalue weighted by Gasteiger charge is -2.34. The molecule has 2 heteroatoms. The maximum atomic E-state index is 2.56. The molecule has 0 spiro atoms. The molecule has 1 unspecified atom stereocenters. The fraction of sp³-hybridized carbons (Fsp3) is 0.113. The van der Waals surface area contributed by atoms with Crippen LogP contribution in [0.4, 0.5) is 28.4 Å². The SMILES string of the molecule is CC1(C)c2cc(/C=C/c3ccc4c(c3)C(C)(C)c3cc(N(C5=CC=C6C=CC=CC6C5)c5cc6ccccc6c6ccccc56)ccc3-4)ccc2-c2ccc(/C=C/c3ccc4c(c3)C(C)(C)c3cc(N(c5ccc6ccccc6c5)c5cc6ccccc6c6ccccc56)ccc3-4)cc21. The summed E-state index contributed by atoms with van der Waals surface area (Å²) in [6.45, 7) is 14.4. The van der Waals surface area contributed by atoms with Gasteiger partial charge in [-0.3, -0.25) is 0 Å². The number of hydrogen-bond acceptors (Lipinski definition) is 2. The van der Waals surface area contributed by atoms with Crippen LogP contribution in [0.25, 0.3) is 112 Å². The summed E-state index contributed by atoms with van der Waals surface area (Å²) in [7, 11) is 0. The second kappa shape index (κ2) is 22.2. The van der Waals surface area contributed by atoms with E-state index in [0.29, 0.717) is 5.92 Å². The van der Waals surface area contributed by atoms with Crippen molar-refractivity contribution in [1.29, 1.82) is 0 Å². The fourth-order valence-electron chi connectivity index (χ4n) is 17.6. The van der Waals surface area contributed by atoms with Gasteiger partial charge in [0, 0.05) is 55.7 Å². The average molecular weight is 1270 g/mol. The van der Waals surface area contributed by atoms with Crippen LogP contribution in [0.3, 0.4) is 0 Å². The van der Waals surface area contributed by atoms with Gasteiger partial charge < -0.3 is 9.80 Å². The van der Waals surface area contributed by atoms with Gasteiger partial charge in [0.15, 0.2) is 0 Å². The van der Waals surface area contributed by atoms with Crippen molar-refractivity contribution in [3.8, 4) is 33.4 Å². The lowest BCUT2D eigenvalue weighted by molar-refractivity contribution is 0.660. The van der Waals surface area contributed by atoms with Gasteiger partial charge in [-0.15, -0.1) is 0 Å². The monoisotopic (exact) mass is 1270 g/mol. The summed E-state index contributed by atoms with van der Waals surface area (Å²) in [5.74, 6) is 0.341. The first-order valence-corrected chi connectivity index (χ1v) is 35.2. The fourth-order valence-corrected chi connectivity index (χ4v) is 17.6. The van der Waals surface area contributed by atoms with Crippen LogP contribution in [0.15, 0.2) is 309 Å². The first kappa shape index (κ1) is 58.7. The number of allylic oxidation sites excluding steroid dienone is 8. The van der Waals surface area contributed by atoms with Crippen molar-refractivity contribution in [2.24, 2.45) is 5.92 Å². The Balaban J connectivity index is 0.586. The molecule has 2 nitrogen and oxygen atoms in total. The molecule has 19 rings (SSSR count). The molecular weight excluding hydrogens is 1190 g/mol. The minimum Gasteiger partial charge on any atom is -0.314 e. The van der Waals surface area contributed by atoms with E-state index in [9.17, 15) is 0 Å². The van der Waals surface area contributed by atoms with Gasteiger partial charge in [0.05, 0.1) is 11.4 Å². The molecule has 0 saturated heterocycles. The molecule has 0 amide bonds. The van der Waals surface area contributed by atoms with E-state index in [2.05, 4.69) is 373 Å². The van der Waals surface area contributed by atoms with Crippen LogP contribution in [0, 0.1) is 5.92 Å². The standard InChI is InChI=1S/C97H74N2/c1-95(2)87-51-61(31-33-63-37-47-81-83-49-43-73(59-91(83)96(3,4)89(81)53-63)98(71-41-39-65-19-7-9-21-67(65)55-71)93-57-69-23-11-13-25-75(69)77-27-15-17-29-85(77)93)35-45-79(87)80-46-36-62(52-88(80)95)32-34-64-38-48-82-84-50-44-74(60-92(84)97(5,6)90(82)54-64)99(72-42-40-66-20-8-10-22-68(66)56-72)94-58-70-24-12-14-26-76(70)78-28-16-18-30-86(78)94/h7-55,57-60,68H,56H2,1-6H3/b33-31+,34-32+. The normalized spacial score (nSPS) is 16.2. The highest BCUT2D eigenvalue weighted by Gasteiger charge is 2.40. The minimum absolute atomic E-state index is 0.178. The highest BCUT2D eigenvalue weighted by molar-refractivity contribution is 6.16. The molecule has 1 atom stereocenters. The summed E-state index contributed by atoms with van der Waals surface area (Å²) in [5.41, 5.74) is 28.8. The van der Waals surface area contributed by atoms with Gasteiger partial charge in [0.25, 0.3) is 0 Å². The predicted octanol–water partition coefficient (Wildman–Crippen LogP) is 26.3. The molecular formula is C97H74N2. The maximum Gasteiger partial charge on any atom is 0.0546 e. The van der Waals surface area contributed by atoms with Crippen molar-refractivity contribution in [2.75, 3.05) is 9.80 Å². The van der Waals surface area contributed by atoms with Gasteiger partial charge in [-0.05, 0) is 199 Å². The van der Waals surface area contributed by atoms with Gasteiger partial charge in [-0.2, -0.15) is 0 Å². The second-order valence-electron chi connectivity index (χ2n) is 29.6. The van der Waals surface area contributed by atoms with Gasteiger partial charge in [-0.25, -0.2) is 0 Å². The quantitative estimate of drug-likeness (QED) is 0.0995. The number of hydrogen-bond donors (Lipinski definition) is 0. The molecule has 14 aromatic rings. The Bertz CT molecular complexity index is 6010. The van der Waals surface area contributed by atoms with Gasteiger partial charge in [0.2, 0.25) is 0 Å². The number of benzene rings is 14. The number of fused-ring (bicyclic) bond motifs is 17. The van der Waals surface area contributed by atoms with Crippen molar-refractivity contribution in [2.45, 2.75) is 64.2 Å². The maximum absolute atomic E-state index is 2.56. The molecule has 14 aromatic carbocycles. The van der Waals surface area contributed by atoms with Crippen LogP contribution in [0.1, 0.15) is 104 Å². The van der Waals surface area contributed by atoms with Crippen LogP contribution in [-0.4, -0.2) is 0 Å². The van der Waals surface area contributed by atoms with E-state index >= 15 is 0 Å². The lowest BCUT2D eigenvalue weighted by Crippen LogP contribution is -2.22. The Labute approximate surface area is 580 Å². The smallest absolute Gasteiger partial charge is 0.0546 e. The molecule has 0 N–H and O–H groups in total. The molecule has 472 valence electrons. The first-order valence-electron chi connectivity index (χ1n) is 35.2. The minimum atomic E-state index is -0.236. The highest BCUT2D eigenvalue weighted by atomic mass is 15.2. The van der Waals surface area contributed by atoms with Crippen LogP contribution < -0.4 is 9.80 Å². The van der Waals surface area contributed by atoms with Gasteiger partial charge >= 0.3 is 0 Å². The molecule has 0 heterocycles. The highest BCUT2D eigenvalue weighted by Crippen LogP contribution is 2.55. The Kier molecular flexibility index (Phi) is 13.2. The van der Waals surface area contributed by atoms with Crippen molar-refractivity contribution in [1.82, 2.24) is 0 Å². The summed E-state index contributed by atoms with van der Waals surface area (Å²) in [5, 5.41) is 12.5. The molecule has 0 fully saturated rings. The van der Waals surface area contributed by atoms with E-state index in [1.807, 2.05) is 0 Å². The third kappa shape index (κ3) is 9.37. The summed E-state index contributed by atoms with van der Waals surface area (Å²) in [4.78, 5) is 5.05. The Morgan fingerprint density at radius 2 is 0.667 bits per heavy atom. The second-order valence-corrected chi connectivity index (χ2v) is 29.6. The van der Waals surface area contributed by atoms with Crippen LogP contribution in [0.5, 0.6) is 0 Å². The molecule has 5 aliphatic carbocycles. The molecule has 0 radical (unpaired) electrons. The third-order valence-corrected chi connectivity index (χ3v) is 22.9. The summed E-state index contributed by atoms with van der Waals surface area (Å²) < 4.78 is 0. The van der Waals surface area contributed by atoms with Crippen LogP contribution in [0.2, 0.25) is 0 Å². The van der Waals surface area contributed by atoms with Crippen molar-refractivity contribution >= 4 is 107 Å². The first-order chi connectivity index (χ1) is 48.3. The Hall–Kier alpha value is -11.6. The molecule has 99 heavy (non-hydrogen) atoms. The summed E-state index contributed by atoms with van der Waals surface area (Å²) >= 11 is 0. The molecule has 0 bridgehead atoms. The third-order valence-electron chi connectivity index (χ3n) is 22.9. The van der Waals surface area contributed by atoms with E-state index in [-0.39, 0.29) is 16.2 Å². The number of anilines is 5. The van der Waals surface area contributed by atoms with Crippen LogP contribution in [-0.2, 0) is 16.2 Å². The van der Waals surface area contributed by atoms with Crippen LogP contribution >= 0.6 is 0 Å². The van der Waals surface area contributed by atoms with E-state index in [1.54, 1.807) is 0 Å². The number of nitrogens with zero attached hydrogens (tertiary/aromatic N) is 2. The molecule has 5 aliphatic rings. The Morgan fingerprint density at radius 1 is 0.303 bits per heavy atom. The zero-order valence-corrected chi connectivity index (χ0v) is 56.8. The van der Waals surface area contributed by atoms with Gasteiger partial charge in [-0.1, -0.05) is 309 Å². The zero-order valence-electron chi connectivity index (χ0n) is 56.8. The van der Waals surface area contributed by atoms with E-state index in [4.69, 9.17) is 0 Å². The topological polar surface area (TPSA) is 6.48 Å². The van der Waals surface area contributed by atoms with Crippen molar-refractivity contribution < 1.29 is 0 Å². The van der Waals surface area contributed by atoms with E-state index in [0.717, 1.165) is 17.8 Å². The summed E-state index contributed by atoms with van der Waals surface area (Å²) in [6.07, 6.45) is 23.9. The molecule has 0 aromatic heterocycles. The average Bonchev–Trinajstić information content (AvgIpc) is 1.65. The van der Waals surface area contributed by atoms with Crippen molar-refractivity contribution in [3.63, 3.8) is 0 Å².